The molecule has 0 fully saturated rings. The normalized spacial score (nSPS) is 9.50. The van der Waals surface area contributed by atoms with Gasteiger partial charge in [0.15, 0.2) is 0 Å². The van der Waals surface area contributed by atoms with Gasteiger partial charge in [0.25, 0.3) is 0 Å². The van der Waals surface area contributed by atoms with E-state index < -0.39 is 5.97 Å². The molecule has 0 heterocycles. The molecule has 0 amide bonds. The second-order valence-electron chi connectivity index (χ2n) is 3.29. The van der Waals surface area contributed by atoms with Gasteiger partial charge in [-0.1, -0.05) is 0 Å². The highest BCUT2D eigenvalue weighted by Gasteiger charge is 2.11. The van der Waals surface area contributed by atoms with Crippen molar-refractivity contribution in [3.63, 3.8) is 0 Å². The van der Waals surface area contributed by atoms with Crippen molar-refractivity contribution in [3.8, 4) is 0 Å². The summed E-state index contributed by atoms with van der Waals surface area (Å²) in [4.78, 5) is 8.89. The van der Waals surface area contributed by atoms with E-state index in [9.17, 15) is 0 Å². The highest BCUT2D eigenvalue weighted by molar-refractivity contribution is 6.17. The van der Waals surface area contributed by atoms with Gasteiger partial charge in [-0.05, 0) is 6.92 Å². The van der Waals surface area contributed by atoms with E-state index in [-0.39, 0.29) is 30.6 Å². The molecule has 0 aliphatic rings. The van der Waals surface area contributed by atoms with Crippen LogP contribution in [0.4, 0.5) is 0 Å². The number of halogens is 2. The minimum atomic E-state index is -1.08. The van der Waals surface area contributed by atoms with Crippen molar-refractivity contribution in [2.75, 3.05) is 39.7 Å². The molecule has 0 aromatic rings. The Kier molecular flexibility index (Phi) is 16.3. The number of carboxylic acids is 1. The van der Waals surface area contributed by atoms with Gasteiger partial charge in [0.2, 0.25) is 0 Å². The number of carbonyl (C=O) groups is 1. The fourth-order valence-electron chi connectivity index (χ4n) is 0.611. The standard InChI is InChI=1S/C6H15ClNO.C2H4O2.HI/c1-8(2,4-3-7)5-6-9;1-2(3)4;/h9H,3-6H2,1-2H3;1H3,(H,3,4);1H/q+1;;/p-2. The first-order chi connectivity index (χ1) is 5.85. The maximum atomic E-state index is 8.89. The number of aliphatic carboxylic acids is 1. The van der Waals surface area contributed by atoms with Crippen LogP contribution in [0.3, 0.4) is 0 Å². The number of aliphatic hydroxyl groups excluding tert-OH is 1. The molecule has 0 radical (unpaired) electrons. The van der Waals surface area contributed by atoms with Gasteiger partial charge in [0.1, 0.15) is 6.54 Å². The van der Waals surface area contributed by atoms with E-state index in [0.29, 0.717) is 5.88 Å². The molecule has 0 aliphatic carbocycles. The van der Waals surface area contributed by atoms with Gasteiger partial charge in [-0.3, -0.25) is 0 Å². The smallest absolute Gasteiger partial charge is 0.102 e. The highest BCUT2D eigenvalue weighted by Crippen LogP contribution is 1.95. The van der Waals surface area contributed by atoms with Gasteiger partial charge >= 0.3 is 0 Å². The number of carbonyl (C=O) groups excluding carboxylic acids is 1. The number of nitrogens with zero attached hydrogens (tertiary/aromatic N) is 1. The minimum Gasteiger partial charge on any atom is -1.00 e. The highest BCUT2D eigenvalue weighted by atomic mass is 127. The van der Waals surface area contributed by atoms with Crippen LogP contribution in [0.2, 0.25) is 0 Å². The lowest BCUT2D eigenvalue weighted by atomic mass is 10.4. The van der Waals surface area contributed by atoms with Crippen molar-refractivity contribution < 1.29 is 43.5 Å². The molecule has 0 rings (SSSR count). The molecule has 0 unspecified atom stereocenters. The second kappa shape index (κ2) is 11.5. The number of likely N-dealkylation sites (N-methyl/N-ethyl adjacent to an activating group) is 1. The largest absolute Gasteiger partial charge is 1.00 e. The number of hydrogen-bond donors (Lipinski definition) is 1. The van der Waals surface area contributed by atoms with Crippen LogP contribution in [0, 0.1) is 0 Å². The van der Waals surface area contributed by atoms with E-state index in [4.69, 9.17) is 26.6 Å². The van der Waals surface area contributed by atoms with Gasteiger partial charge < -0.3 is 43.5 Å². The maximum absolute atomic E-state index is 8.89. The summed E-state index contributed by atoms with van der Waals surface area (Å²) in [5.74, 6) is -0.424. The number of aliphatic hydroxyl groups is 1. The number of carboxylic acid groups (broad SMARTS) is 1. The number of alkyl halides is 1. The lowest BCUT2D eigenvalue weighted by molar-refractivity contribution is -0.888. The Morgan fingerprint density at radius 3 is 2.00 bits per heavy atom. The van der Waals surface area contributed by atoms with Crippen molar-refractivity contribution in [2.24, 2.45) is 0 Å². The van der Waals surface area contributed by atoms with Crippen LogP contribution < -0.4 is 29.1 Å². The molecule has 0 saturated heterocycles. The Labute approximate surface area is 107 Å². The molecule has 0 aromatic carbocycles. The van der Waals surface area contributed by atoms with Crippen molar-refractivity contribution >= 4 is 17.6 Å². The van der Waals surface area contributed by atoms with E-state index in [2.05, 4.69) is 14.1 Å². The van der Waals surface area contributed by atoms with Crippen LogP contribution in [-0.2, 0) is 4.79 Å². The third kappa shape index (κ3) is 22.8. The average Bonchev–Trinajstić information content (AvgIpc) is 1.84. The van der Waals surface area contributed by atoms with Crippen LogP contribution in [0.15, 0.2) is 0 Å². The molecular weight excluding hydrogens is 320 g/mol. The van der Waals surface area contributed by atoms with Crippen LogP contribution in [-0.4, -0.2) is 55.2 Å². The summed E-state index contributed by atoms with van der Waals surface area (Å²) in [6, 6.07) is 0. The molecule has 0 aliphatic heterocycles. The van der Waals surface area contributed by atoms with Gasteiger partial charge in [-0.25, -0.2) is 0 Å². The zero-order chi connectivity index (χ0) is 10.9. The van der Waals surface area contributed by atoms with Crippen LogP contribution in [0.1, 0.15) is 6.92 Å². The molecule has 4 nitrogen and oxygen atoms in total. The summed E-state index contributed by atoms with van der Waals surface area (Å²) in [5, 5.41) is 17.5. The molecule has 0 bridgehead atoms. The topological polar surface area (TPSA) is 60.4 Å². The fourth-order valence-corrected chi connectivity index (χ4v) is 1.07. The first kappa shape index (κ1) is 19.9. The Morgan fingerprint density at radius 2 is 1.79 bits per heavy atom. The number of quaternary nitrogens is 1. The SMILES string of the molecule is CC(=O)[O-].C[N+](C)(CCO)CCCl.[I-]. The Balaban J connectivity index is -0.000000209. The zero-order valence-corrected chi connectivity index (χ0v) is 11.7. The van der Waals surface area contributed by atoms with Gasteiger partial charge in [-0.2, -0.15) is 0 Å². The van der Waals surface area contributed by atoms with Gasteiger partial charge in [0, 0.05) is 5.97 Å². The molecule has 1 N–H and O–H groups in total. The van der Waals surface area contributed by atoms with E-state index in [1.807, 2.05) is 0 Å². The summed E-state index contributed by atoms with van der Waals surface area (Å²) in [6.07, 6.45) is 0. The molecule has 0 spiro atoms. The molecule has 0 atom stereocenters. The Morgan fingerprint density at radius 1 is 1.43 bits per heavy atom. The summed E-state index contributed by atoms with van der Waals surface area (Å²) in [6.45, 7) is 2.92. The average molecular weight is 339 g/mol. The fraction of sp³-hybridized carbons (Fsp3) is 0.875. The molecule has 0 saturated carbocycles. The first-order valence-corrected chi connectivity index (χ1v) is 4.55. The summed E-state index contributed by atoms with van der Waals surface area (Å²) < 4.78 is 0.806. The Hall–Kier alpha value is 0.410. The van der Waals surface area contributed by atoms with Crippen LogP contribution >= 0.6 is 11.6 Å². The molecule has 88 valence electrons. The van der Waals surface area contributed by atoms with Crippen LogP contribution in [0.25, 0.3) is 0 Å². The molecule has 0 aromatic heterocycles. The predicted octanol–water partition coefficient (Wildman–Crippen LogP) is -3.95. The quantitative estimate of drug-likeness (QED) is 0.323. The molecular formula is C8H18ClINO3-. The van der Waals surface area contributed by atoms with E-state index in [1.54, 1.807) is 0 Å². The third-order valence-corrected chi connectivity index (χ3v) is 1.56. The van der Waals surface area contributed by atoms with Crippen molar-refractivity contribution in [2.45, 2.75) is 6.92 Å². The summed E-state index contributed by atoms with van der Waals surface area (Å²) in [5.41, 5.74) is 0. The third-order valence-electron chi connectivity index (χ3n) is 1.40. The van der Waals surface area contributed by atoms with E-state index >= 15 is 0 Å². The van der Waals surface area contributed by atoms with Crippen molar-refractivity contribution in [1.82, 2.24) is 0 Å². The van der Waals surface area contributed by atoms with E-state index in [0.717, 1.165) is 24.5 Å². The van der Waals surface area contributed by atoms with Gasteiger partial charge in [-0.15, -0.1) is 11.6 Å². The predicted molar refractivity (Wildman–Crippen MR) is 50.3 cm³/mol. The van der Waals surface area contributed by atoms with Gasteiger partial charge in [0.05, 0.1) is 33.1 Å². The lowest BCUT2D eigenvalue weighted by Gasteiger charge is -2.27. The first-order valence-electron chi connectivity index (χ1n) is 4.02. The summed E-state index contributed by atoms with van der Waals surface area (Å²) in [7, 11) is 4.11. The van der Waals surface area contributed by atoms with Crippen LogP contribution in [0.5, 0.6) is 0 Å². The monoisotopic (exact) mass is 338 g/mol. The minimum absolute atomic E-state index is 0. The lowest BCUT2D eigenvalue weighted by Crippen LogP contribution is -3.00. The Bertz CT molecular complexity index is 133. The second-order valence-corrected chi connectivity index (χ2v) is 3.67. The molecule has 6 heteroatoms. The molecule has 14 heavy (non-hydrogen) atoms. The van der Waals surface area contributed by atoms with Crippen molar-refractivity contribution in [1.29, 1.82) is 0 Å². The number of rotatable bonds is 4. The number of hydrogen-bond acceptors (Lipinski definition) is 3. The van der Waals surface area contributed by atoms with E-state index in [1.165, 1.54) is 0 Å². The van der Waals surface area contributed by atoms with Crippen molar-refractivity contribution in [3.05, 3.63) is 0 Å². The summed E-state index contributed by atoms with van der Waals surface area (Å²) >= 11 is 5.52. The maximum Gasteiger partial charge on any atom is 0.102 e. The zero-order valence-electron chi connectivity index (χ0n) is 8.80.